The van der Waals surface area contributed by atoms with Crippen molar-refractivity contribution < 1.29 is 18.1 Å². The molecule has 0 spiro atoms. The second-order valence-corrected chi connectivity index (χ2v) is 2.50. The molecule has 0 bridgehead atoms. The van der Waals surface area contributed by atoms with Gasteiger partial charge in [-0.25, -0.2) is 8.78 Å². The third kappa shape index (κ3) is 3.14. The van der Waals surface area contributed by atoms with Crippen molar-refractivity contribution in [3.05, 3.63) is 12.2 Å². The lowest BCUT2D eigenvalue weighted by Crippen LogP contribution is -2.34. The molecule has 0 aliphatic carbocycles. The molecule has 1 heterocycles. The number of carbonyl (C=O) groups excluding carboxylic acids is 1. The van der Waals surface area contributed by atoms with Gasteiger partial charge in [-0.15, -0.1) is 0 Å². The Balaban J connectivity index is 2.44. The number of halogens is 2. The van der Waals surface area contributed by atoms with Crippen molar-refractivity contribution >= 4 is 5.91 Å². The molecule has 5 nitrogen and oxygen atoms in total. The van der Waals surface area contributed by atoms with Crippen LogP contribution in [-0.2, 0) is 0 Å². The van der Waals surface area contributed by atoms with Crippen molar-refractivity contribution in [3.8, 4) is 0 Å². The number of aromatic nitrogens is 2. The molecule has 0 radical (unpaired) electrons. The van der Waals surface area contributed by atoms with Crippen LogP contribution in [0.1, 0.15) is 17.6 Å². The van der Waals surface area contributed by atoms with E-state index in [4.69, 9.17) is 0 Å². The summed E-state index contributed by atoms with van der Waals surface area (Å²) in [6.45, 7) is -0.0602. The lowest BCUT2D eigenvalue weighted by molar-refractivity contribution is 0.0215. The van der Waals surface area contributed by atoms with Crippen molar-refractivity contribution in [2.75, 3.05) is 6.54 Å². The summed E-state index contributed by atoms with van der Waals surface area (Å²) >= 11 is 0. The van der Waals surface area contributed by atoms with Crippen molar-refractivity contribution in [1.82, 2.24) is 15.5 Å². The quantitative estimate of drug-likeness (QED) is 0.753. The van der Waals surface area contributed by atoms with Crippen LogP contribution in [-0.4, -0.2) is 28.5 Å². The maximum atomic E-state index is 12.2. The maximum absolute atomic E-state index is 12.2. The van der Waals surface area contributed by atoms with Gasteiger partial charge in [0.1, 0.15) is 0 Å². The van der Waals surface area contributed by atoms with E-state index in [9.17, 15) is 13.6 Å². The van der Waals surface area contributed by atoms with Crippen LogP contribution < -0.4 is 5.32 Å². The number of carbonyl (C=O) groups is 1. The van der Waals surface area contributed by atoms with Gasteiger partial charge in [-0.3, -0.25) is 4.79 Å². The molecule has 13 heavy (non-hydrogen) atoms. The fourth-order valence-electron chi connectivity index (χ4n) is 0.584. The first kappa shape index (κ1) is 9.56. The first-order valence-corrected chi connectivity index (χ1v) is 3.42. The molecule has 0 unspecified atom stereocenters. The van der Waals surface area contributed by atoms with Crippen LogP contribution >= 0.6 is 0 Å². The normalized spacial score (nSPS) is 11.3. The molecular formula is C6H7F2N3O2. The van der Waals surface area contributed by atoms with Crippen molar-refractivity contribution in [2.45, 2.75) is 12.8 Å². The summed E-state index contributed by atoms with van der Waals surface area (Å²) in [6.07, 6.45) is 1.01. The molecular weight excluding hydrogens is 184 g/mol. The summed E-state index contributed by atoms with van der Waals surface area (Å²) in [5, 5.41) is 5.09. The zero-order valence-electron chi connectivity index (χ0n) is 6.75. The smallest absolute Gasteiger partial charge is 0.315 e. The zero-order valence-corrected chi connectivity index (χ0v) is 6.75. The monoisotopic (exact) mass is 191 g/mol. The van der Waals surface area contributed by atoms with E-state index in [2.05, 4.69) is 14.7 Å². The van der Waals surface area contributed by atoms with Gasteiger partial charge >= 0.3 is 11.8 Å². The fourth-order valence-corrected chi connectivity index (χ4v) is 0.584. The second kappa shape index (κ2) is 3.46. The Morgan fingerprint density at radius 2 is 2.46 bits per heavy atom. The van der Waals surface area contributed by atoms with Gasteiger partial charge in [0.2, 0.25) is 0 Å². The molecule has 1 aromatic heterocycles. The largest absolute Gasteiger partial charge is 0.342 e. The minimum absolute atomic E-state index is 0.329. The predicted molar refractivity (Wildman–Crippen MR) is 37.3 cm³/mol. The van der Waals surface area contributed by atoms with Gasteiger partial charge in [-0.1, -0.05) is 5.16 Å². The van der Waals surface area contributed by atoms with E-state index in [0.717, 1.165) is 6.33 Å². The highest BCUT2D eigenvalue weighted by Gasteiger charge is 2.23. The van der Waals surface area contributed by atoms with Gasteiger partial charge in [0, 0.05) is 6.92 Å². The predicted octanol–water partition coefficient (Wildman–Crippen LogP) is 0.455. The summed E-state index contributed by atoms with van der Waals surface area (Å²) in [6, 6.07) is 0. The van der Waals surface area contributed by atoms with Gasteiger partial charge in [0.15, 0.2) is 6.33 Å². The van der Waals surface area contributed by atoms with Crippen LogP contribution in [0.2, 0.25) is 0 Å². The van der Waals surface area contributed by atoms with E-state index in [1.54, 1.807) is 0 Å². The molecule has 0 aromatic carbocycles. The third-order valence-electron chi connectivity index (χ3n) is 1.11. The van der Waals surface area contributed by atoms with Gasteiger partial charge in [-0.2, -0.15) is 4.98 Å². The van der Waals surface area contributed by atoms with Crippen LogP contribution in [0.15, 0.2) is 10.9 Å². The molecule has 0 saturated carbocycles. The number of amides is 1. The van der Waals surface area contributed by atoms with Gasteiger partial charge in [-0.05, 0) is 0 Å². The summed E-state index contributed by atoms with van der Waals surface area (Å²) in [4.78, 5) is 14.3. The fraction of sp³-hybridized carbons (Fsp3) is 0.500. The maximum Gasteiger partial charge on any atom is 0.315 e. The summed E-state index contributed by atoms with van der Waals surface area (Å²) in [5.41, 5.74) is 0. The van der Waals surface area contributed by atoms with E-state index in [1.165, 1.54) is 0 Å². The molecule has 0 aliphatic rings. The van der Waals surface area contributed by atoms with Gasteiger partial charge < -0.3 is 9.84 Å². The Hall–Kier alpha value is -1.53. The first-order valence-electron chi connectivity index (χ1n) is 3.42. The van der Waals surface area contributed by atoms with Crippen molar-refractivity contribution in [1.29, 1.82) is 0 Å². The van der Waals surface area contributed by atoms with Gasteiger partial charge in [0.05, 0.1) is 6.54 Å². The number of alkyl halides is 2. The lowest BCUT2D eigenvalue weighted by atomic mass is 10.4. The minimum Gasteiger partial charge on any atom is -0.342 e. The van der Waals surface area contributed by atoms with Crippen molar-refractivity contribution in [2.24, 2.45) is 0 Å². The Kier molecular flexibility index (Phi) is 2.54. The Bertz CT molecular complexity index is 281. The number of nitrogens with zero attached hydrogens (tertiary/aromatic N) is 2. The highest BCUT2D eigenvalue weighted by Crippen LogP contribution is 2.08. The molecule has 0 aliphatic heterocycles. The molecule has 1 rings (SSSR count). The summed E-state index contributed by atoms with van der Waals surface area (Å²) in [7, 11) is 0. The van der Waals surface area contributed by atoms with Crippen LogP contribution in [0.5, 0.6) is 0 Å². The molecule has 1 amide bonds. The molecule has 1 N–H and O–H groups in total. The van der Waals surface area contributed by atoms with Crippen molar-refractivity contribution in [3.63, 3.8) is 0 Å². The molecule has 0 saturated heterocycles. The van der Waals surface area contributed by atoms with E-state index < -0.39 is 18.4 Å². The average Bonchev–Trinajstić information content (AvgIpc) is 2.50. The topological polar surface area (TPSA) is 68.0 Å². The highest BCUT2D eigenvalue weighted by molar-refractivity contribution is 5.89. The van der Waals surface area contributed by atoms with Crippen LogP contribution in [0.4, 0.5) is 8.78 Å². The summed E-state index contributed by atoms with van der Waals surface area (Å²) < 4.78 is 28.8. The van der Waals surface area contributed by atoms with Crippen LogP contribution in [0, 0.1) is 0 Å². The Morgan fingerprint density at radius 3 is 2.92 bits per heavy atom. The SMILES string of the molecule is CC(F)(F)CNC(=O)c1ncno1. The molecule has 0 fully saturated rings. The first-order chi connectivity index (χ1) is 5.99. The number of rotatable bonds is 3. The lowest BCUT2D eigenvalue weighted by Gasteiger charge is -2.09. The van der Waals surface area contributed by atoms with E-state index in [1.807, 2.05) is 5.32 Å². The zero-order chi connectivity index (χ0) is 9.90. The summed E-state index contributed by atoms with van der Waals surface area (Å²) in [5.74, 6) is -4.08. The molecule has 7 heteroatoms. The number of nitrogens with one attached hydrogen (secondary N) is 1. The van der Waals surface area contributed by atoms with Crippen LogP contribution in [0.25, 0.3) is 0 Å². The van der Waals surface area contributed by atoms with Gasteiger partial charge in [0.25, 0.3) is 5.92 Å². The highest BCUT2D eigenvalue weighted by atomic mass is 19.3. The number of hydrogen-bond acceptors (Lipinski definition) is 4. The number of hydrogen-bond donors (Lipinski definition) is 1. The average molecular weight is 191 g/mol. The Morgan fingerprint density at radius 1 is 1.77 bits per heavy atom. The second-order valence-electron chi connectivity index (χ2n) is 2.50. The van der Waals surface area contributed by atoms with E-state index in [-0.39, 0.29) is 5.89 Å². The van der Waals surface area contributed by atoms with Crippen LogP contribution in [0.3, 0.4) is 0 Å². The molecule has 1 aromatic rings. The third-order valence-corrected chi connectivity index (χ3v) is 1.11. The molecule has 0 atom stereocenters. The molecule has 72 valence electrons. The Labute approximate surface area is 72.1 Å². The van der Waals surface area contributed by atoms with E-state index in [0.29, 0.717) is 6.92 Å². The van der Waals surface area contributed by atoms with E-state index >= 15 is 0 Å². The minimum atomic E-state index is -2.95. The standard InChI is InChI=1S/C6H7F2N3O2/c1-6(7,8)2-9-4(12)5-10-3-11-13-5/h3H,2H2,1H3,(H,9,12).